The zero-order valence-corrected chi connectivity index (χ0v) is 19.3. The van der Waals surface area contributed by atoms with E-state index in [4.69, 9.17) is 11.6 Å². The van der Waals surface area contributed by atoms with Crippen LogP contribution in [0.2, 0.25) is 5.02 Å². The number of anilines is 1. The van der Waals surface area contributed by atoms with Crippen molar-refractivity contribution in [2.45, 2.75) is 24.7 Å². The number of piperidine rings is 1. The van der Waals surface area contributed by atoms with E-state index in [0.29, 0.717) is 34.7 Å². The smallest absolute Gasteiger partial charge is 0.257 e. The fourth-order valence-corrected chi connectivity index (χ4v) is 5.72. The molecule has 1 fully saturated rings. The molecule has 1 amide bonds. The number of carbonyl (C=O) groups is 1. The molecule has 162 valence electrons. The van der Waals surface area contributed by atoms with Crippen LogP contribution in [0.5, 0.6) is 0 Å². The predicted octanol–water partition coefficient (Wildman–Crippen LogP) is 5.14. The highest BCUT2D eigenvalue weighted by Gasteiger charge is 2.28. The number of halogens is 1. The monoisotopic (exact) mass is 475 g/mol. The molecule has 9 heteroatoms. The number of thiazole rings is 1. The molecule has 0 atom stereocenters. The second-order valence-corrected chi connectivity index (χ2v) is 10.8. The average Bonchev–Trinajstić information content (AvgIpc) is 3.23. The molecule has 2 aromatic carbocycles. The molecule has 0 aliphatic carbocycles. The van der Waals surface area contributed by atoms with E-state index < -0.39 is 10.0 Å². The molecule has 1 saturated heterocycles. The van der Waals surface area contributed by atoms with Crippen LogP contribution in [-0.4, -0.2) is 36.7 Å². The van der Waals surface area contributed by atoms with E-state index >= 15 is 0 Å². The van der Waals surface area contributed by atoms with E-state index in [-0.39, 0.29) is 10.8 Å². The number of benzene rings is 2. The molecule has 1 aliphatic heterocycles. The fraction of sp³-hybridized carbons (Fsp3) is 0.273. The Morgan fingerprint density at radius 1 is 1.10 bits per heavy atom. The summed E-state index contributed by atoms with van der Waals surface area (Å²) in [4.78, 5) is 17.2. The molecule has 1 aromatic heterocycles. The third-order valence-corrected chi connectivity index (χ3v) is 8.28. The van der Waals surface area contributed by atoms with E-state index in [1.807, 2.05) is 17.5 Å². The highest BCUT2D eigenvalue weighted by atomic mass is 35.5. The number of aromatic nitrogens is 1. The molecule has 6 nitrogen and oxygen atoms in total. The summed E-state index contributed by atoms with van der Waals surface area (Å²) in [5, 5.41) is 5.74. The summed E-state index contributed by atoms with van der Waals surface area (Å²) < 4.78 is 27.2. The minimum absolute atomic E-state index is 0.206. The fourth-order valence-electron chi connectivity index (χ4n) is 3.41. The van der Waals surface area contributed by atoms with Gasteiger partial charge in [-0.3, -0.25) is 10.1 Å². The van der Waals surface area contributed by atoms with Crippen LogP contribution in [-0.2, 0) is 10.0 Å². The van der Waals surface area contributed by atoms with Gasteiger partial charge in [-0.25, -0.2) is 13.4 Å². The molecule has 0 spiro atoms. The van der Waals surface area contributed by atoms with Crippen LogP contribution < -0.4 is 5.32 Å². The SMILES string of the molecule is CC1CCN(S(=O)(=O)c2ccc(C(=O)Nc3nc(-c4ccc(Cl)cc4)cs3)cc2)CC1. The first-order chi connectivity index (χ1) is 14.8. The van der Waals surface area contributed by atoms with Crippen molar-refractivity contribution < 1.29 is 13.2 Å². The summed E-state index contributed by atoms with van der Waals surface area (Å²) in [5.41, 5.74) is 2.02. The van der Waals surface area contributed by atoms with Gasteiger partial charge < -0.3 is 0 Å². The first-order valence-electron chi connectivity index (χ1n) is 9.96. The summed E-state index contributed by atoms with van der Waals surface area (Å²) in [6.45, 7) is 3.20. The predicted molar refractivity (Wildman–Crippen MR) is 124 cm³/mol. The second kappa shape index (κ2) is 9.08. The van der Waals surface area contributed by atoms with Gasteiger partial charge in [-0.2, -0.15) is 4.31 Å². The van der Waals surface area contributed by atoms with Gasteiger partial charge in [0, 0.05) is 34.6 Å². The third kappa shape index (κ3) is 4.98. The van der Waals surface area contributed by atoms with Gasteiger partial charge in [-0.15, -0.1) is 11.3 Å². The number of rotatable bonds is 5. The van der Waals surface area contributed by atoms with Gasteiger partial charge in [0.15, 0.2) is 5.13 Å². The topological polar surface area (TPSA) is 79.4 Å². The third-order valence-electron chi connectivity index (χ3n) is 5.36. The summed E-state index contributed by atoms with van der Waals surface area (Å²) in [6, 6.07) is 13.3. The van der Waals surface area contributed by atoms with Crippen molar-refractivity contribution in [1.29, 1.82) is 0 Å². The maximum absolute atomic E-state index is 12.8. The standard InChI is InChI=1S/C22H22ClN3O3S2/c1-15-10-12-26(13-11-15)31(28,29)19-8-4-17(5-9-19)21(27)25-22-24-20(14-30-22)16-2-6-18(23)7-3-16/h2-9,14-15H,10-13H2,1H3,(H,24,25,27). The number of sulfonamides is 1. The van der Waals surface area contributed by atoms with Crippen LogP contribution in [0.15, 0.2) is 58.8 Å². The zero-order chi connectivity index (χ0) is 22.0. The van der Waals surface area contributed by atoms with E-state index in [0.717, 1.165) is 24.1 Å². The quantitative estimate of drug-likeness (QED) is 0.554. The van der Waals surface area contributed by atoms with Gasteiger partial charge in [0.1, 0.15) is 0 Å². The van der Waals surface area contributed by atoms with Crippen LogP contribution in [0.25, 0.3) is 11.3 Å². The Balaban J connectivity index is 1.43. The number of nitrogens with one attached hydrogen (secondary N) is 1. The van der Waals surface area contributed by atoms with Gasteiger partial charge in [0.05, 0.1) is 10.6 Å². The van der Waals surface area contributed by atoms with Crippen LogP contribution in [0.3, 0.4) is 0 Å². The Bertz CT molecular complexity index is 1170. The number of hydrogen-bond acceptors (Lipinski definition) is 5. The van der Waals surface area contributed by atoms with E-state index in [9.17, 15) is 13.2 Å². The largest absolute Gasteiger partial charge is 0.298 e. The lowest BCUT2D eigenvalue weighted by molar-refractivity contribution is 0.102. The molecule has 2 heterocycles. The molecule has 31 heavy (non-hydrogen) atoms. The molecule has 0 unspecified atom stereocenters. The highest BCUT2D eigenvalue weighted by Crippen LogP contribution is 2.27. The molecule has 1 aliphatic rings. The van der Waals surface area contributed by atoms with Gasteiger partial charge >= 0.3 is 0 Å². The van der Waals surface area contributed by atoms with Crippen LogP contribution in [0.4, 0.5) is 5.13 Å². The van der Waals surface area contributed by atoms with Crippen molar-refractivity contribution in [3.63, 3.8) is 0 Å². The molecule has 0 radical (unpaired) electrons. The van der Waals surface area contributed by atoms with Gasteiger partial charge in [-0.05, 0) is 55.2 Å². The minimum atomic E-state index is -3.54. The molecular weight excluding hydrogens is 454 g/mol. The van der Waals surface area contributed by atoms with E-state index in [1.165, 1.54) is 39.9 Å². The Hall–Kier alpha value is -2.26. The highest BCUT2D eigenvalue weighted by molar-refractivity contribution is 7.89. The number of hydrogen-bond donors (Lipinski definition) is 1. The summed E-state index contributed by atoms with van der Waals surface area (Å²) in [5.74, 6) is 0.205. The molecule has 3 aromatic rings. The molecule has 0 saturated carbocycles. The first-order valence-corrected chi connectivity index (χ1v) is 12.7. The summed E-state index contributed by atoms with van der Waals surface area (Å²) >= 11 is 7.23. The van der Waals surface area contributed by atoms with Crippen molar-refractivity contribution in [3.8, 4) is 11.3 Å². The zero-order valence-electron chi connectivity index (χ0n) is 16.9. The van der Waals surface area contributed by atoms with E-state index in [1.54, 1.807) is 12.1 Å². The number of carbonyl (C=O) groups excluding carboxylic acids is 1. The van der Waals surface area contributed by atoms with Crippen molar-refractivity contribution in [2.75, 3.05) is 18.4 Å². The molecular formula is C22H22ClN3O3S2. The normalized spacial score (nSPS) is 15.7. The van der Waals surface area contributed by atoms with Gasteiger partial charge in [0.2, 0.25) is 10.0 Å². The Labute approximate surface area is 190 Å². The van der Waals surface area contributed by atoms with Crippen LogP contribution in [0.1, 0.15) is 30.1 Å². The maximum atomic E-state index is 12.8. The Morgan fingerprint density at radius 2 is 1.74 bits per heavy atom. The second-order valence-electron chi connectivity index (χ2n) is 7.61. The van der Waals surface area contributed by atoms with Crippen LogP contribution in [0, 0.1) is 5.92 Å². The van der Waals surface area contributed by atoms with Crippen molar-refractivity contribution in [3.05, 3.63) is 64.5 Å². The maximum Gasteiger partial charge on any atom is 0.257 e. The molecule has 0 bridgehead atoms. The van der Waals surface area contributed by atoms with Gasteiger partial charge in [0.25, 0.3) is 5.91 Å². The molecule has 1 N–H and O–H groups in total. The van der Waals surface area contributed by atoms with Crippen molar-refractivity contribution in [1.82, 2.24) is 9.29 Å². The number of amides is 1. The van der Waals surface area contributed by atoms with Crippen LogP contribution >= 0.6 is 22.9 Å². The lowest BCUT2D eigenvalue weighted by atomic mass is 10.0. The van der Waals surface area contributed by atoms with E-state index in [2.05, 4.69) is 17.2 Å². The lowest BCUT2D eigenvalue weighted by Gasteiger charge is -2.29. The number of nitrogens with zero attached hydrogens (tertiary/aromatic N) is 2. The minimum Gasteiger partial charge on any atom is -0.298 e. The first kappa shape index (κ1) is 22.0. The Kier molecular flexibility index (Phi) is 6.43. The average molecular weight is 476 g/mol. The molecule has 4 rings (SSSR count). The van der Waals surface area contributed by atoms with Crippen molar-refractivity contribution in [2.24, 2.45) is 5.92 Å². The summed E-state index contributed by atoms with van der Waals surface area (Å²) in [6.07, 6.45) is 1.73. The summed E-state index contributed by atoms with van der Waals surface area (Å²) in [7, 11) is -3.54. The van der Waals surface area contributed by atoms with Crippen molar-refractivity contribution >= 4 is 44.0 Å². The Morgan fingerprint density at radius 3 is 2.39 bits per heavy atom. The van der Waals surface area contributed by atoms with Gasteiger partial charge in [-0.1, -0.05) is 30.7 Å². The lowest BCUT2D eigenvalue weighted by Crippen LogP contribution is -2.37.